The van der Waals surface area contributed by atoms with E-state index in [4.69, 9.17) is 4.55 Å². The van der Waals surface area contributed by atoms with Crippen LogP contribution in [0.15, 0.2) is 34.1 Å². The van der Waals surface area contributed by atoms with Crippen molar-refractivity contribution in [2.75, 3.05) is 12.4 Å². The molecule has 0 heterocycles. The Bertz CT molecular complexity index is 933. The van der Waals surface area contributed by atoms with E-state index in [-0.39, 0.29) is 16.5 Å². The van der Waals surface area contributed by atoms with Crippen LogP contribution in [0.3, 0.4) is 0 Å². The first-order valence-electron chi connectivity index (χ1n) is 5.48. The van der Waals surface area contributed by atoms with Crippen LogP contribution in [0.25, 0.3) is 10.8 Å². The number of fused-ring (bicyclic) bond motifs is 1. The summed E-state index contributed by atoms with van der Waals surface area (Å²) in [6, 6.07) is 4.29. The molecule has 2 aromatic carbocycles. The molecule has 0 radical (unpaired) electrons. The summed E-state index contributed by atoms with van der Waals surface area (Å²) in [6.45, 7) is 0. The third-order valence-electron chi connectivity index (χ3n) is 2.86. The van der Waals surface area contributed by atoms with Gasteiger partial charge in [0.2, 0.25) is 0 Å². The standard InChI is InChI=1S/C11H11NO7S2/c1-12-9-3-2-7-8(11(9)21(17,18)19)4-6(5-10(7)13)20(14,15)16/h2-5,12-13H,1H3,(H,14,15,16)(H,17,18,19). The lowest BCUT2D eigenvalue weighted by Crippen LogP contribution is -2.05. The molecule has 0 bridgehead atoms. The highest BCUT2D eigenvalue weighted by Crippen LogP contribution is 2.36. The molecule has 0 aliphatic carbocycles. The van der Waals surface area contributed by atoms with Crippen LogP contribution < -0.4 is 5.32 Å². The number of phenols is 1. The van der Waals surface area contributed by atoms with Gasteiger partial charge in [-0.3, -0.25) is 9.11 Å². The second-order valence-corrected chi connectivity index (χ2v) is 6.96. The van der Waals surface area contributed by atoms with Gasteiger partial charge in [-0.1, -0.05) is 0 Å². The van der Waals surface area contributed by atoms with E-state index in [9.17, 15) is 26.5 Å². The highest BCUT2D eigenvalue weighted by molar-refractivity contribution is 7.86. The molecule has 8 nitrogen and oxygen atoms in total. The minimum absolute atomic E-state index is 0.00836. The Morgan fingerprint density at radius 1 is 0.952 bits per heavy atom. The fraction of sp³-hybridized carbons (Fsp3) is 0.0909. The van der Waals surface area contributed by atoms with Crippen molar-refractivity contribution in [2.45, 2.75) is 9.79 Å². The van der Waals surface area contributed by atoms with Crippen LogP contribution in [-0.2, 0) is 20.2 Å². The quantitative estimate of drug-likeness (QED) is 0.611. The maximum Gasteiger partial charge on any atom is 0.297 e. The number of phenolic OH excluding ortho intramolecular Hbond substituents is 1. The van der Waals surface area contributed by atoms with Crippen molar-refractivity contribution in [2.24, 2.45) is 0 Å². The molecule has 0 spiro atoms. The summed E-state index contributed by atoms with van der Waals surface area (Å²) < 4.78 is 63.7. The van der Waals surface area contributed by atoms with Crippen LogP contribution in [-0.4, -0.2) is 38.1 Å². The first-order valence-corrected chi connectivity index (χ1v) is 8.36. The van der Waals surface area contributed by atoms with Gasteiger partial charge >= 0.3 is 0 Å². The van der Waals surface area contributed by atoms with Crippen molar-refractivity contribution in [3.63, 3.8) is 0 Å². The molecule has 4 N–H and O–H groups in total. The summed E-state index contributed by atoms with van der Waals surface area (Å²) in [5, 5.41) is 12.1. The van der Waals surface area contributed by atoms with Gasteiger partial charge in [0, 0.05) is 23.9 Å². The molecule has 0 unspecified atom stereocenters. The summed E-state index contributed by atoms with van der Waals surface area (Å²) in [5.41, 5.74) is 0.0110. The fourth-order valence-electron chi connectivity index (χ4n) is 1.99. The van der Waals surface area contributed by atoms with E-state index in [1.807, 2.05) is 0 Å². The van der Waals surface area contributed by atoms with Gasteiger partial charge in [0.1, 0.15) is 10.6 Å². The first-order chi connectivity index (χ1) is 9.55. The van der Waals surface area contributed by atoms with Crippen molar-refractivity contribution in [3.05, 3.63) is 24.3 Å². The van der Waals surface area contributed by atoms with Crippen molar-refractivity contribution in [1.82, 2.24) is 0 Å². The van der Waals surface area contributed by atoms with Gasteiger partial charge in [-0.25, -0.2) is 0 Å². The largest absolute Gasteiger partial charge is 0.507 e. The summed E-state index contributed by atoms with van der Waals surface area (Å²) in [5.74, 6) is -0.548. The topological polar surface area (TPSA) is 141 Å². The molecule has 0 amide bonds. The van der Waals surface area contributed by atoms with Gasteiger partial charge in [-0.2, -0.15) is 16.8 Å². The van der Waals surface area contributed by atoms with E-state index in [0.717, 1.165) is 12.1 Å². The summed E-state index contributed by atoms with van der Waals surface area (Å²) in [7, 11) is -7.95. The number of nitrogens with one attached hydrogen (secondary N) is 1. The van der Waals surface area contributed by atoms with Gasteiger partial charge in [-0.15, -0.1) is 0 Å². The van der Waals surface area contributed by atoms with E-state index in [1.165, 1.54) is 19.2 Å². The maximum atomic E-state index is 11.5. The van der Waals surface area contributed by atoms with Gasteiger partial charge < -0.3 is 10.4 Å². The zero-order chi connectivity index (χ0) is 16.0. The maximum absolute atomic E-state index is 11.5. The molecule has 0 aliphatic heterocycles. The second kappa shape index (κ2) is 4.84. The first kappa shape index (κ1) is 15.5. The highest BCUT2D eigenvalue weighted by atomic mass is 32.2. The van der Waals surface area contributed by atoms with Gasteiger partial charge in [0.25, 0.3) is 20.2 Å². The van der Waals surface area contributed by atoms with Crippen molar-refractivity contribution >= 4 is 36.7 Å². The van der Waals surface area contributed by atoms with Gasteiger partial charge in [-0.05, 0) is 18.2 Å². The van der Waals surface area contributed by atoms with Crippen LogP contribution in [0, 0.1) is 0 Å². The van der Waals surface area contributed by atoms with Crippen molar-refractivity contribution < 1.29 is 31.0 Å². The number of hydrogen-bond donors (Lipinski definition) is 4. The smallest absolute Gasteiger partial charge is 0.297 e. The molecule has 2 aromatic rings. The normalized spacial score (nSPS) is 12.5. The second-order valence-electron chi connectivity index (χ2n) is 4.18. The summed E-state index contributed by atoms with van der Waals surface area (Å²) in [4.78, 5) is -1.28. The number of anilines is 1. The molecular formula is C11H11NO7S2. The van der Waals surface area contributed by atoms with Crippen LogP contribution >= 0.6 is 0 Å². The minimum atomic E-state index is -4.70. The number of aromatic hydroxyl groups is 1. The molecule has 114 valence electrons. The Labute approximate surface area is 120 Å². The Morgan fingerprint density at radius 2 is 1.57 bits per heavy atom. The lowest BCUT2D eigenvalue weighted by atomic mass is 10.1. The molecule has 0 saturated carbocycles. The molecule has 10 heteroatoms. The Kier molecular flexibility index (Phi) is 3.58. The molecule has 0 fully saturated rings. The fourth-order valence-corrected chi connectivity index (χ4v) is 3.41. The zero-order valence-electron chi connectivity index (χ0n) is 10.6. The van der Waals surface area contributed by atoms with E-state index in [2.05, 4.69) is 5.32 Å². The monoisotopic (exact) mass is 333 g/mol. The molecule has 0 aromatic heterocycles. The van der Waals surface area contributed by atoms with Crippen LogP contribution in [0.1, 0.15) is 0 Å². The summed E-state index contributed by atoms with van der Waals surface area (Å²) >= 11 is 0. The molecule has 2 rings (SSSR count). The predicted molar refractivity (Wildman–Crippen MR) is 74.8 cm³/mol. The van der Waals surface area contributed by atoms with E-state index >= 15 is 0 Å². The number of hydrogen-bond acceptors (Lipinski definition) is 6. The lowest BCUT2D eigenvalue weighted by molar-refractivity contribution is 0.470. The average molecular weight is 333 g/mol. The van der Waals surface area contributed by atoms with E-state index in [0.29, 0.717) is 0 Å². The van der Waals surface area contributed by atoms with Gasteiger partial charge in [0.15, 0.2) is 0 Å². The Hall–Kier alpha value is -1.88. The minimum Gasteiger partial charge on any atom is -0.507 e. The summed E-state index contributed by atoms with van der Waals surface area (Å²) in [6.07, 6.45) is 0. The predicted octanol–water partition coefficient (Wildman–Crippen LogP) is 1.08. The molecule has 21 heavy (non-hydrogen) atoms. The van der Waals surface area contributed by atoms with Crippen LogP contribution in [0.5, 0.6) is 5.75 Å². The molecule has 0 aliphatic rings. The van der Waals surface area contributed by atoms with Crippen molar-refractivity contribution in [3.8, 4) is 5.75 Å². The lowest BCUT2D eigenvalue weighted by Gasteiger charge is -2.12. The third kappa shape index (κ3) is 2.78. The third-order valence-corrected chi connectivity index (χ3v) is 4.65. The average Bonchev–Trinajstić information content (AvgIpc) is 2.34. The van der Waals surface area contributed by atoms with E-state index in [1.54, 1.807) is 0 Å². The Morgan fingerprint density at radius 3 is 2.05 bits per heavy atom. The molecule has 0 saturated heterocycles. The Balaban J connectivity index is 3.08. The SMILES string of the molecule is CNc1ccc2c(O)cc(S(=O)(=O)O)cc2c1S(=O)(=O)O. The van der Waals surface area contributed by atoms with Crippen molar-refractivity contribution in [1.29, 1.82) is 0 Å². The zero-order valence-corrected chi connectivity index (χ0v) is 12.2. The van der Waals surface area contributed by atoms with Crippen LogP contribution in [0.4, 0.5) is 5.69 Å². The van der Waals surface area contributed by atoms with E-state index < -0.39 is 35.8 Å². The van der Waals surface area contributed by atoms with Crippen LogP contribution in [0.2, 0.25) is 0 Å². The highest BCUT2D eigenvalue weighted by Gasteiger charge is 2.23. The number of rotatable bonds is 3. The number of benzene rings is 2. The molecule has 0 atom stereocenters. The molecular weight excluding hydrogens is 322 g/mol. The van der Waals surface area contributed by atoms with Gasteiger partial charge in [0.05, 0.1) is 10.6 Å².